The van der Waals surface area contributed by atoms with Gasteiger partial charge in [0, 0.05) is 57.4 Å². The van der Waals surface area contributed by atoms with Crippen LogP contribution >= 0.6 is 11.3 Å². The van der Waals surface area contributed by atoms with Gasteiger partial charge in [0.15, 0.2) is 23.2 Å². The van der Waals surface area contributed by atoms with E-state index in [0.29, 0.717) is 71.6 Å². The lowest BCUT2D eigenvalue weighted by Gasteiger charge is -2.36. The molecule has 4 aromatic heterocycles. The minimum absolute atomic E-state index is 0.0984. The van der Waals surface area contributed by atoms with Crippen molar-refractivity contribution in [3.8, 4) is 17.3 Å². The number of halogens is 2. The number of ether oxygens (including phenoxy) is 1. The molecule has 2 aliphatic heterocycles. The predicted octanol–water partition coefficient (Wildman–Crippen LogP) is 1.82. The van der Waals surface area contributed by atoms with Crippen LogP contribution in [0, 0.1) is 5.82 Å². The SMILES string of the molecule is Nc1nc2c(sc(=O)n2CCN2CCNCC2c2ccc(O[C@H]3CNC[C@H]3F)cc2F)c2nc(-c3ccco3)nn12. The van der Waals surface area contributed by atoms with Gasteiger partial charge in [-0.3, -0.25) is 14.3 Å². The molecule has 6 heterocycles. The number of rotatable bonds is 7. The third-order valence-electron chi connectivity index (χ3n) is 7.53. The highest BCUT2D eigenvalue weighted by Gasteiger charge is 2.30. The zero-order valence-electron chi connectivity index (χ0n) is 21.8. The number of nitrogens with zero attached hydrogens (tertiary/aromatic N) is 6. The maximum absolute atomic E-state index is 15.3. The topological polar surface area (TPSA) is 141 Å². The Morgan fingerprint density at radius 3 is 2.83 bits per heavy atom. The first kappa shape index (κ1) is 26.0. The molecule has 0 saturated carbocycles. The fourth-order valence-corrected chi connectivity index (χ4v) is 6.38. The fraction of sp³-hybridized carbons (Fsp3) is 0.385. The molecule has 15 heteroatoms. The summed E-state index contributed by atoms with van der Waals surface area (Å²) < 4.78 is 43.9. The van der Waals surface area contributed by atoms with Gasteiger partial charge >= 0.3 is 4.87 Å². The van der Waals surface area contributed by atoms with E-state index in [1.165, 1.54) is 16.8 Å². The van der Waals surface area contributed by atoms with Crippen LogP contribution < -0.4 is 26.0 Å². The first-order chi connectivity index (χ1) is 20.0. The Morgan fingerprint density at radius 2 is 2.05 bits per heavy atom. The summed E-state index contributed by atoms with van der Waals surface area (Å²) in [5.41, 5.74) is 7.56. The van der Waals surface area contributed by atoms with Gasteiger partial charge < -0.3 is 25.5 Å². The molecule has 4 N–H and O–H groups in total. The van der Waals surface area contributed by atoms with E-state index in [1.807, 2.05) is 0 Å². The lowest BCUT2D eigenvalue weighted by molar-refractivity contribution is 0.138. The summed E-state index contributed by atoms with van der Waals surface area (Å²) in [5, 5.41) is 10.6. The number of furan rings is 1. The Labute approximate surface area is 235 Å². The van der Waals surface area contributed by atoms with Crippen LogP contribution in [0.25, 0.3) is 27.6 Å². The Bertz CT molecular complexity index is 1770. The van der Waals surface area contributed by atoms with Gasteiger partial charge in [0.05, 0.1) is 12.3 Å². The first-order valence-corrected chi connectivity index (χ1v) is 14.1. The van der Waals surface area contributed by atoms with Gasteiger partial charge in [0.2, 0.25) is 11.8 Å². The molecule has 41 heavy (non-hydrogen) atoms. The van der Waals surface area contributed by atoms with Gasteiger partial charge in [-0.2, -0.15) is 9.50 Å². The van der Waals surface area contributed by atoms with E-state index >= 15 is 4.39 Å². The van der Waals surface area contributed by atoms with Crippen LogP contribution in [0.1, 0.15) is 11.6 Å². The van der Waals surface area contributed by atoms with Crippen molar-refractivity contribution in [2.45, 2.75) is 24.9 Å². The maximum atomic E-state index is 15.3. The molecule has 0 radical (unpaired) electrons. The second kappa shape index (κ2) is 10.5. The molecule has 5 aromatic rings. The second-order valence-corrected chi connectivity index (χ2v) is 11.0. The highest BCUT2D eigenvalue weighted by atomic mass is 32.1. The summed E-state index contributed by atoms with van der Waals surface area (Å²) >= 11 is 1.03. The van der Waals surface area contributed by atoms with E-state index in [4.69, 9.17) is 14.9 Å². The third kappa shape index (κ3) is 4.73. The van der Waals surface area contributed by atoms with Crippen LogP contribution in [-0.2, 0) is 6.54 Å². The molecule has 1 unspecified atom stereocenters. The van der Waals surface area contributed by atoms with Gasteiger partial charge in [-0.15, -0.1) is 5.10 Å². The largest absolute Gasteiger partial charge is 0.486 e. The quantitative estimate of drug-likeness (QED) is 0.260. The minimum atomic E-state index is -1.13. The smallest absolute Gasteiger partial charge is 0.309 e. The normalized spacial score (nSPS) is 21.8. The number of hydrogen-bond donors (Lipinski definition) is 3. The Morgan fingerprint density at radius 1 is 1.15 bits per heavy atom. The van der Waals surface area contributed by atoms with E-state index in [9.17, 15) is 9.18 Å². The average molecular weight is 584 g/mol. The second-order valence-electron chi connectivity index (χ2n) is 10.1. The van der Waals surface area contributed by atoms with Crippen LogP contribution in [0.4, 0.5) is 14.7 Å². The lowest BCUT2D eigenvalue weighted by atomic mass is 10.0. The van der Waals surface area contributed by atoms with Gasteiger partial charge in [-0.05, 0) is 18.2 Å². The lowest BCUT2D eigenvalue weighted by Crippen LogP contribution is -2.47. The van der Waals surface area contributed by atoms with E-state index < -0.39 is 18.1 Å². The van der Waals surface area contributed by atoms with Crippen LogP contribution in [-0.4, -0.2) is 80.6 Å². The molecule has 0 amide bonds. The molecule has 7 rings (SSSR count). The Balaban J connectivity index is 1.13. The first-order valence-electron chi connectivity index (χ1n) is 13.3. The van der Waals surface area contributed by atoms with Crippen molar-refractivity contribution in [1.82, 2.24) is 39.7 Å². The number of anilines is 1. The van der Waals surface area contributed by atoms with Crippen molar-refractivity contribution in [3.05, 3.63) is 57.6 Å². The van der Waals surface area contributed by atoms with Crippen molar-refractivity contribution in [2.75, 3.05) is 45.0 Å². The number of benzene rings is 1. The predicted molar refractivity (Wildman–Crippen MR) is 148 cm³/mol. The Hall–Kier alpha value is -3.92. The molecule has 2 aliphatic rings. The number of thiazole rings is 1. The number of nitrogen functional groups attached to an aromatic ring is 1. The highest BCUT2D eigenvalue weighted by molar-refractivity contribution is 7.17. The molecule has 12 nitrogen and oxygen atoms in total. The van der Waals surface area contributed by atoms with Crippen molar-refractivity contribution in [1.29, 1.82) is 0 Å². The van der Waals surface area contributed by atoms with Gasteiger partial charge in [-0.1, -0.05) is 17.4 Å². The number of nitrogens with one attached hydrogen (secondary N) is 2. The van der Waals surface area contributed by atoms with E-state index in [2.05, 4.69) is 30.6 Å². The molecule has 0 aliphatic carbocycles. The molecular formula is C26H27F2N9O3S. The van der Waals surface area contributed by atoms with Gasteiger partial charge in [0.25, 0.3) is 0 Å². The fourth-order valence-electron chi connectivity index (χ4n) is 5.45. The van der Waals surface area contributed by atoms with Crippen molar-refractivity contribution in [2.24, 2.45) is 0 Å². The van der Waals surface area contributed by atoms with E-state index in [-0.39, 0.29) is 23.4 Å². The van der Waals surface area contributed by atoms with Crippen LogP contribution in [0.5, 0.6) is 5.75 Å². The number of hydrogen-bond acceptors (Lipinski definition) is 11. The summed E-state index contributed by atoms with van der Waals surface area (Å²) in [7, 11) is 0. The summed E-state index contributed by atoms with van der Waals surface area (Å²) in [4.78, 5) is 24.1. The maximum Gasteiger partial charge on any atom is 0.309 e. The third-order valence-corrected chi connectivity index (χ3v) is 8.49. The summed E-state index contributed by atoms with van der Waals surface area (Å²) in [5.74, 6) is 0.799. The van der Waals surface area contributed by atoms with Gasteiger partial charge in [0.1, 0.15) is 22.4 Å². The van der Waals surface area contributed by atoms with Crippen LogP contribution in [0.15, 0.2) is 45.8 Å². The molecular weight excluding hydrogens is 556 g/mol. The standard InChI is InChI=1S/C26H27F2N9O3S/c27-16-10-14(40-20-13-31-11-17(20)28)3-4-15(16)18-12-30-5-6-35(18)7-8-36-23-21(41-26(36)38)24-32-22(19-2-1-9-39-19)34-37(24)25(29)33-23/h1-4,9-10,17-18,20,30-31H,5-8,11-13H2,(H2,29,33)/t17-,18?,20+/m1/s1. The zero-order chi connectivity index (χ0) is 28.1. The number of alkyl halides is 1. The monoisotopic (exact) mass is 583 g/mol. The summed E-state index contributed by atoms with van der Waals surface area (Å²) in [6.45, 7) is 3.34. The summed E-state index contributed by atoms with van der Waals surface area (Å²) in [6.07, 6.45) is -0.236. The minimum Gasteiger partial charge on any atom is -0.486 e. The van der Waals surface area contributed by atoms with Gasteiger partial charge in [-0.25, -0.2) is 13.8 Å². The number of nitrogens with two attached hydrogens (primary N) is 1. The molecule has 2 saturated heterocycles. The molecule has 1 aromatic carbocycles. The van der Waals surface area contributed by atoms with Crippen molar-refractivity contribution >= 4 is 33.3 Å². The van der Waals surface area contributed by atoms with Crippen molar-refractivity contribution in [3.63, 3.8) is 0 Å². The zero-order valence-corrected chi connectivity index (χ0v) is 22.6. The Kier molecular flexibility index (Phi) is 6.65. The van der Waals surface area contributed by atoms with E-state index in [0.717, 1.165) is 17.9 Å². The average Bonchev–Trinajstić information content (AvgIpc) is 3.76. The number of piperazine rings is 1. The molecule has 2 fully saturated rings. The number of aromatic nitrogens is 5. The van der Waals surface area contributed by atoms with E-state index in [1.54, 1.807) is 28.8 Å². The summed E-state index contributed by atoms with van der Waals surface area (Å²) in [6, 6.07) is 7.90. The van der Waals surface area contributed by atoms with Crippen LogP contribution in [0.3, 0.4) is 0 Å². The van der Waals surface area contributed by atoms with Crippen molar-refractivity contribution < 1.29 is 17.9 Å². The number of fused-ring (bicyclic) bond motifs is 3. The molecule has 0 spiro atoms. The van der Waals surface area contributed by atoms with Crippen LogP contribution in [0.2, 0.25) is 0 Å². The molecule has 214 valence electrons. The highest BCUT2D eigenvalue weighted by Crippen LogP contribution is 2.29. The molecule has 3 atom stereocenters. The molecule has 0 bridgehead atoms.